The van der Waals surface area contributed by atoms with Crippen molar-refractivity contribution < 1.29 is 22.7 Å². The molecule has 8 nitrogen and oxygen atoms in total. The maximum absolute atomic E-state index is 12.7. The van der Waals surface area contributed by atoms with Crippen molar-refractivity contribution in [2.24, 2.45) is 5.92 Å². The third-order valence-electron chi connectivity index (χ3n) is 5.47. The number of amides is 2. The first-order chi connectivity index (χ1) is 16.2. The fourth-order valence-corrected chi connectivity index (χ4v) is 5.06. The summed E-state index contributed by atoms with van der Waals surface area (Å²) in [5.74, 6) is 0.159. The Morgan fingerprint density at radius 2 is 1.71 bits per heavy atom. The van der Waals surface area contributed by atoms with Crippen molar-refractivity contribution in [1.82, 2.24) is 9.62 Å². The maximum atomic E-state index is 12.7. The monoisotopic (exact) mass is 487 g/mol. The largest absolute Gasteiger partial charge is 0.379 e. The number of carbonyl (C=O) groups excluding carboxylic acids is 2. The van der Waals surface area contributed by atoms with Crippen molar-refractivity contribution >= 4 is 27.5 Å². The molecule has 0 saturated carbocycles. The van der Waals surface area contributed by atoms with Crippen LogP contribution in [-0.4, -0.2) is 50.8 Å². The van der Waals surface area contributed by atoms with Crippen LogP contribution in [0, 0.1) is 5.92 Å². The quantitative estimate of drug-likeness (QED) is 0.536. The van der Waals surface area contributed by atoms with E-state index in [-0.39, 0.29) is 22.6 Å². The third-order valence-corrected chi connectivity index (χ3v) is 7.38. The van der Waals surface area contributed by atoms with Gasteiger partial charge in [-0.2, -0.15) is 4.31 Å². The minimum absolute atomic E-state index is 0.0278. The van der Waals surface area contributed by atoms with Gasteiger partial charge in [-0.25, -0.2) is 8.42 Å². The maximum Gasteiger partial charge on any atom is 0.243 e. The molecule has 1 aliphatic heterocycles. The van der Waals surface area contributed by atoms with Crippen molar-refractivity contribution in [3.63, 3.8) is 0 Å². The van der Waals surface area contributed by atoms with Crippen LogP contribution < -0.4 is 10.6 Å². The first-order valence-electron chi connectivity index (χ1n) is 11.6. The van der Waals surface area contributed by atoms with Gasteiger partial charge in [-0.15, -0.1) is 0 Å². The highest BCUT2D eigenvalue weighted by Crippen LogP contribution is 2.18. The lowest BCUT2D eigenvalue weighted by atomic mass is 10.1. The van der Waals surface area contributed by atoms with E-state index in [0.717, 1.165) is 11.1 Å². The van der Waals surface area contributed by atoms with Gasteiger partial charge in [0.15, 0.2) is 0 Å². The van der Waals surface area contributed by atoms with Crippen LogP contribution in [-0.2, 0) is 37.3 Å². The fraction of sp³-hybridized carbons (Fsp3) is 0.440. The highest BCUT2D eigenvalue weighted by Gasteiger charge is 2.26. The van der Waals surface area contributed by atoms with Crippen molar-refractivity contribution in [1.29, 1.82) is 0 Å². The molecule has 1 aliphatic rings. The molecule has 0 unspecified atom stereocenters. The summed E-state index contributed by atoms with van der Waals surface area (Å²) in [4.78, 5) is 24.5. The zero-order valence-electron chi connectivity index (χ0n) is 19.7. The summed E-state index contributed by atoms with van der Waals surface area (Å²) < 4.78 is 32.1. The van der Waals surface area contributed by atoms with Crippen molar-refractivity contribution in [2.45, 2.75) is 44.6 Å². The number of nitrogens with zero attached hydrogens (tertiary/aromatic N) is 1. The van der Waals surface area contributed by atoms with E-state index < -0.39 is 10.0 Å². The van der Waals surface area contributed by atoms with E-state index in [2.05, 4.69) is 10.6 Å². The van der Waals surface area contributed by atoms with Gasteiger partial charge >= 0.3 is 0 Å². The highest BCUT2D eigenvalue weighted by molar-refractivity contribution is 7.89. The molecule has 3 rings (SSSR count). The SMILES string of the molecule is CC(C)CC(=O)Nc1cccc(CNC(=O)CCc2ccc(S(=O)(=O)N3CCOCC3)cc2)c1. The molecule has 9 heteroatoms. The smallest absolute Gasteiger partial charge is 0.243 e. The van der Waals surface area contributed by atoms with Gasteiger partial charge in [-0.05, 0) is 47.7 Å². The van der Waals surface area contributed by atoms with E-state index in [1.54, 1.807) is 24.3 Å². The molecule has 2 N–H and O–H groups in total. The Labute approximate surface area is 201 Å². The molecular weight excluding hydrogens is 454 g/mol. The summed E-state index contributed by atoms with van der Waals surface area (Å²) in [6, 6.07) is 14.1. The van der Waals surface area contributed by atoms with Crippen LogP contribution in [0.15, 0.2) is 53.4 Å². The Morgan fingerprint density at radius 3 is 2.38 bits per heavy atom. The average molecular weight is 488 g/mol. The lowest BCUT2D eigenvalue weighted by Crippen LogP contribution is -2.40. The first-order valence-corrected chi connectivity index (χ1v) is 13.0. The highest BCUT2D eigenvalue weighted by atomic mass is 32.2. The Balaban J connectivity index is 1.46. The van der Waals surface area contributed by atoms with E-state index in [1.165, 1.54) is 4.31 Å². The minimum Gasteiger partial charge on any atom is -0.379 e. The molecule has 2 aromatic rings. The number of hydrogen-bond acceptors (Lipinski definition) is 5. The minimum atomic E-state index is -3.52. The molecule has 0 radical (unpaired) electrons. The number of aryl methyl sites for hydroxylation is 1. The van der Waals surface area contributed by atoms with Crippen molar-refractivity contribution in [3.8, 4) is 0 Å². The van der Waals surface area contributed by atoms with Crippen molar-refractivity contribution in [2.75, 3.05) is 31.6 Å². The van der Waals surface area contributed by atoms with Crippen LogP contribution in [0.25, 0.3) is 0 Å². The van der Waals surface area contributed by atoms with Crippen molar-refractivity contribution in [3.05, 3.63) is 59.7 Å². The molecule has 1 heterocycles. The van der Waals surface area contributed by atoms with E-state index >= 15 is 0 Å². The Bertz CT molecular complexity index is 1080. The first kappa shape index (κ1) is 25.9. The fourth-order valence-electron chi connectivity index (χ4n) is 3.65. The molecule has 184 valence electrons. The van der Waals surface area contributed by atoms with E-state index in [9.17, 15) is 18.0 Å². The average Bonchev–Trinajstić information content (AvgIpc) is 2.82. The van der Waals surface area contributed by atoms with Crippen LogP contribution in [0.5, 0.6) is 0 Å². The predicted molar refractivity (Wildman–Crippen MR) is 131 cm³/mol. The van der Waals surface area contributed by atoms with Crippen LogP contribution in [0.4, 0.5) is 5.69 Å². The standard InChI is InChI=1S/C25H33N3O5S/c1-19(2)16-25(30)27-22-5-3-4-21(17-22)18-26-24(29)11-8-20-6-9-23(10-7-20)34(31,32)28-12-14-33-15-13-28/h3-7,9-10,17,19H,8,11-16,18H2,1-2H3,(H,26,29)(H,27,30). The van der Waals surface area contributed by atoms with Gasteiger partial charge in [0, 0.05) is 38.2 Å². The normalized spacial score (nSPS) is 14.7. The number of carbonyl (C=O) groups is 2. The Kier molecular flexibility index (Phi) is 9.20. The lowest BCUT2D eigenvalue weighted by molar-refractivity contribution is -0.121. The van der Waals surface area contributed by atoms with Gasteiger partial charge in [0.1, 0.15) is 0 Å². The van der Waals surface area contributed by atoms with Crippen LogP contribution in [0.3, 0.4) is 0 Å². The summed E-state index contributed by atoms with van der Waals surface area (Å²) in [7, 11) is -3.52. The summed E-state index contributed by atoms with van der Waals surface area (Å²) in [5, 5.41) is 5.77. The molecule has 0 atom stereocenters. The summed E-state index contributed by atoms with van der Waals surface area (Å²) in [5.41, 5.74) is 2.50. The number of anilines is 1. The molecule has 0 aromatic heterocycles. The Morgan fingerprint density at radius 1 is 1.00 bits per heavy atom. The van der Waals surface area contributed by atoms with Gasteiger partial charge < -0.3 is 15.4 Å². The second-order valence-electron chi connectivity index (χ2n) is 8.78. The summed E-state index contributed by atoms with van der Waals surface area (Å²) in [6.07, 6.45) is 1.26. The number of nitrogens with one attached hydrogen (secondary N) is 2. The molecule has 1 fully saturated rings. The molecule has 2 aromatic carbocycles. The molecule has 34 heavy (non-hydrogen) atoms. The second kappa shape index (κ2) is 12.1. The Hall–Kier alpha value is -2.75. The van der Waals surface area contributed by atoms with Gasteiger partial charge in [0.05, 0.1) is 18.1 Å². The van der Waals surface area contributed by atoms with Gasteiger partial charge in [0.25, 0.3) is 0 Å². The second-order valence-corrected chi connectivity index (χ2v) is 10.7. The summed E-state index contributed by atoms with van der Waals surface area (Å²) >= 11 is 0. The zero-order valence-corrected chi connectivity index (χ0v) is 20.6. The van der Waals surface area contributed by atoms with Crippen LogP contribution >= 0.6 is 0 Å². The predicted octanol–water partition coefficient (Wildman–Crippen LogP) is 2.94. The zero-order chi connectivity index (χ0) is 24.6. The molecule has 0 spiro atoms. The number of morpholine rings is 1. The summed E-state index contributed by atoms with van der Waals surface area (Å²) in [6.45, 7) is 5.88. The molecule has 0 bridgehead atoms. The lowest BCUT2D eigenvalue weighted by Gasteiger charge is -2.26. The number of rotatable bonds is 10. The number of sulfonamides is 1. The number of hydrogen-bond donors (Lipinski definition) is 2. The molecule has 2 amide bonds. The van der Waals surface area contributed by atoms with E-state index in [4.69, 9.17) is 4.74 Å². The molecule has 1 saturated heterocycles. The third kappa shape index (κ3) is 7.65. The van der Waals surface area contributed by atoms with Gasteiger partial charge in [-0.1, -0.05) is 38.1 Å². The van der Waals surface area contributed by atoms with Gasteiger partial charge in [0.2, 0.25) is 21.8 Å². The number of benzene rings is 2. The topological polar surface area (TPSA) is 105 Å². The van der Waals surface area contributed by atoms with Crippen LogP contribution in [0.1, 0.15) is 37.8 Å². The molecular formula is C25H33N3O5S. The molecule has 0 aliphatic carbocycles. The van der Waals surface area contributed by atoms with E-state index in [1.807, 2.05) is 38.1 Å². The number of ether oxygens (including phenoxy) is 1. The van der Waals surface area contributed by atoms with E-state index in [0.29, 0.717) is 57.8 Å². The van der Waals surface area contributed by atoms with Crippen LogP contribution in [0.2, 0.25) is 0 Å². The van der Waals surface area contributed by atoms with Gasteiger partial charge in [-0.3, -0.25) is 9.59 Å².